The quantitative estimate of drug-likeness (QED) is 0.451. The summed E-state index contributed by atoms with van der Waals surface area (Å²) >= 11 is 0. The van der Waals surface area contributed by atoms with E-state index in [4.69, 9.17) is 4.74 Å². The highest BCUT2D eigenvalue weighted by Crippen LogP contribution is 2.29. The van der Waals surface area contributed by atoms with Gasteiger partial charge in [-0.2, -0.15) is 0 Å². The van der Waals surface area contributed by atoms with E-state index in [1.54, 1.807) is 0 Å². The number of ether oxygens (including phenoxy) is 1. The fourth-order valence-electron chi connectivity index (χ4n) is 3.29. The van der Waals surface area contributed by atoms with Crippen LogP contribution in [-0.4, -0.2) is 12.2 Å². The summed E-state index contributed by atoms with van der Waals surface area (Å²) in [6.07, 6.45) is 5.69. The molecule has 2 aromatic carbocycles. The lowest BCUT2D eigenvalue weighted by Gasteiger charge is -2.28. The van der Waals surface area contributed by atoms with Crippen molar-refractivity contribution in [3.63, 3.8) is 0 Å². The maximum absolute atomic E-state index is 6.19. The molecule has 0 saturated heterocycles. The van der Waals surface area contributed by atoms with Crippen LogP contribution in [0.3, 0.4) is 0 Å². The van der Waals surface area contributed by atoms with E-state index in [2.05, 4.69) is 88.4 Å². The van der Waals surface area contributed by atoms with Gasteiger partial charge in [-0.15, -0.1) is 0 Å². The van der Waals surface area contributed by atoms with Crippen molar-refractivity contribution < 1.29 is 4.74 Å². The van der Waals surface area contributed by atoms with Crippen LogP contribution in [0.2, 0.25) is 0 Å². The van der Waals surface area contributed by atoms with Gasteiger partial charge in [0.25, 0.3) is 0 Å². The van der Waals surface area contributed by atoms with Crippen LogP contribution in [0, 0.1) is 5.41 Å². The van der Waals surface area contributed by atoms with Crippen molar-refractivity contribution in [2.45, 2.75) is 65.4 Å². The number of hydrogen-bond donors (Lipinski definition) is 0. The normalized spacial score (nSPS) is 12.3. The second-order valence-electron chi connectivity index (χ2n) is 8.52. The summed E-state index contributed by atoms with van der Waals surface area (Å²) in [6, 6.07) is 21.4. The standard InChI is InChI=1S/C24H34O/c1-23(2,18-16-21-12-7-5-8-13-21)17-11-19-25-24(3,4)20-22-14-9-6-10-15-22/h5-10,12-15H,11,16-20H2,1-4H3. The van der Waals surface area contributed by atoms with Gasteiger partial charge in [0.2, 0.25) is 0 Å². The van der Waals surface area contributed by atoms with E-state index < -0.39 is 0 Å². The Morgan fingerprint density at radius 2 is 1.28 bits per heavy atom. The van der Waals surface area contributed by atoms with Crippen molar-refractivity contribution >= 4 is 0 Å². The Morgan fingerprint density at radius 1 is 0.720 bits per heavy atom. The minimum Gasteiger partial charge on any atom is -0.375 e. The Morgan fingerprint density at radius 3 is 1.88 bits per heavy atom. The lowest BCUT2D eigenvalue weighted by Crippen LogP contribution is -2.28. The summed E-state index contributed by atoms with van der Waals surface area (Å²) in [6.45, 7) is 9.99. The molecule has 0 amide bonds. The zero-order chi connectivity index (χ0) is 18.2. The van der Waals surface area contributed by atoms with Crippen molar-refractivity contribution in [1.29, 1.82) is 0 Å². The number of benzene rings is 2. The van der Waals surface area contributed by atoms with Crippen LogP contribution in [0.25, 0.3) is 0 Å². The molecule has 0 bridgehead atoms. The van der Waals surface area contributed by atoms with Gasteiger partial charge in [0.05, 0.1) is 5.60 Å². The monoisotopic (exact) mass is 338 g/mol. The third-order valence-corrected chi connectivity index (χ3v) is 4.90. The molecular weight excluding hydrogens is 304 g/mol. The summed E-state index contributed by atoms with van der Waals surface area (Å²) in [5.41, 5.74) is 3.05. The molecule has 0 atom stereocenters. The lowest BCUT2D eigenvalue weighted by molar-refractivity contribution is -0.0214. The first kappa shape index (κ1) is 19.7. The Kier molecular flexibility index (Phi) is 7.25. The summed E-state index contributed by atoms with van der Waals surface area (Å²) in [5, 5.41) is 0. The van der Waals surface area contributed by atoms with E-state index in [0.29, 0.717) is 5.41 Å². The molecule has 0 N–H and O–H groups in total. The molecule has 0 aliphatic rings. The average molecular weight is 339 g/mol. The minimum atomic E-state index is -0.102. The van der Waals surface area contributed by atoms with Crippen LogP contribution in [0.15, 0.2) is 60.7 Å². The van der Waals surface area contributed by atoms with E-state index >= 15 is 0 Å². The lowest BCUT2D eigenvalue weighted by atomic mass is 9.82. The summed E-state index contributed by atoms with van der Waals surface area (Å²) in [7, 11) is 0. The Hall–Kier alpha value is -1.60. The van der Waals surface area contributed by atoms with Gasteiger partial charge in [-0.3, -0.25) is 0 Å². The zero-order valence-corrected chi connectivity index (χ0v) is 16.4. The molecule has 0 saturated carbocycles. The van der Waals surface area contributed by atoms with E-state index in [1.165, 1.54) is 24.0 Å². The van der Waals surface area contributed by atoms with Gasteiger partial charge in [-0.1, -0.05) is 74.5 Å². The summed E-state index contributed by atoms with van der Waals surface area (Å²) in [4.78, 5) is 0. The minimum absolute atomic E-state index is 0.102. The largest absolute Gasteiger partial charge is 0.375 e. The average Bonchev–Trinajstić information content (AvgIpc) is 2.59. The smallest absolute Gasteiger partial charge is 0.0666 e. The van der Waals surface area contributed by atoms with Crippen LogP contribution in [-0.2, 0) is 17.6 Å². The van der Waals surface area contributed by atoms with Gasteiger partial charge in [-0.25, -0.2) is 0 Å². The first-order valence-electron chi connectivity index (χ1n) is 9.58. The molecular formula is C24H34O. The molecule has 0 aliphatic heterocycles. The highest BCUT2D eigenvalue weighted by atomic mass is 16.5. The Balaban J connectivity index is 1.68. The van der Waals surface area contributed by atoms with Crippen molar-refractivity contribution in [2.75, 3.05) is 6.61 Å². The van der Waals surface area contributed by atoms with Crippen LogP contribution in [0.4, 0.5) is 0 Å². The second-order valence-corrected chi connectivity index (χ2v) is 8.52. The molecule has 2 aromatic rings. The van der Waals surface area contributed by atoms with Crippen molar-refractivity contribution in [1.82, 2.24) is 0 Å². The second kappa shape index (κ2) is 9.20. The molecule has 0 radical (unpaired) electrons. The third kappa shape index (κ3) is 7.88. The van der Waals surface area contributed by atoms with Crippen molar-refractivity contribution in [3.8, 4) is 0 Å². The number of hydrogen-bond acceptors (Lipinski definition) is 1. The summed E-state index contributed by atoms with van der Waals surface area (Å²) in [5.74, 6) is 0. The SMILES string of the molecule is CC(C)(CCCOC(C)(C)Cc1ccccc1)CCc1ccccc1. The van der Waals surface area contributed by atoms with Gasteiger partial charge in [-0.05, 0) is 56.1 Å². The maximum atomic E-state index is 6.19. The predicted molar refractivity (Wildman–Crippen MR) is 108 cm³/mol. The van der Waals surface area contributed by atoms with E-state index in [-0.39, 0.29) is 5.60 Å². The molecule has 1 heteroatoms. The highest BCUT2D eigenvalue weighted by Gasteiger charge is 2.21. The third-order valence-electron chi connectivity index (χ3n) is 4.90. The summed E-state index contributed by atoms with van der Waals surface area (Å²) < 4.78 is 6.19. The number of aryl methyl sites for hydroxylation is 1. The van der Waals surface area contributed by atoms with E-state index in [1.807, 2.05) is 0 Å². The fourth-order valence-corrected chi connectivity index (χ4v) is 3.29. The van der Waals surface area contributed by atoms with Gasteiger partial charge >= 0.3 is 0 Å². The molecule has 0 spiro atoms. The molecule has 0 fully saturated rings. The van der Waals surface area contributed by atoms with Gasteiger partial charge in [0.1, 0.15) is 0 Å². The Bertz CT molecular complexity index is 599. The van der Waals surface area contributed by atoms with Gasteiger partial charge < -0.3 is 4.74 Å². The van der Waals surface area contributed by atoms with Crippen LogP contribution in [0.1, 0.15) is 58.1 Å². The maximum Gasteiger partial charge on any atom is 0.0666 e. The van der Waals surface area contributed by atoms with E-state index in [0.717, 1.165) is 25.9 Å². The molecule has 0 heterocycles. The first-order chi connectivity index (χ1) is 11.9. The molecule has 0 aromatic heterocycles. The zero-order valence-electron chi connectivity index (χ0n) is 16.4. The van der Waals surface area contributed by atoms with Gasteiger partial charge in [0.15, 0.2) is 0 Å². The Labute approximate surface area is 154 Å². The number of rotatable bonds is 10. The predicted octanol–water partition coefficient (Wildman–Crippen LogP) is 6.46. The van der Waals surface area contributed by atoms with Crippen molar-refractivity contribution in [2.24, 2.45) is 5.41 Å². The van der Waals surface area contributed by atoms with Crippen LogP contribution < -0.4 is 0 Å². The topological polar surface area (TPSA) is 9.23 Å². The first-order valence-corrected chi connectivity index (χ1v) is 9.58. The highest BCUT2D eigenvalue weighted by molar-refractivity contribution is 5.16. The molecule has 2 rings (SSSR count). The molecule has 136 valence electrons. The fraction of sp³-hybridized carbons (Fsp3) is 0.500. The van der Waals surface area contributed by atoms with Crippen molar-refractivity contribution in [3.05, 3.63) is 71.8 Å². The molecule has 0 unspecified atom stereocenters. The van der Waals surface area contributed by atoms with Crippen LogP contribution >= 0.6 is 0 Å². The van der Waals surface area contributed by atoms with Crippen LogP contribution in [0.5, 0.6) is 0 Å². The molecule has 0 aliphatic carbocycles. The van der Waals surface area contributed by atoms with E-state index in [9.17, 15) is 0 Å². The van der Waals surface area contributed by atoms with Gasteiger partial charge in [0, 0.05) is 13.0 Å². The molecule has 1 nitrogen and oxygen atoms in total. The molecule has 25 heavy (non-hydrogen) atoms.